The number of aromatic nitrogens is 8. The number of fused-ring (bicyclic) bond motifs is 5. The van der Waals surface area contributed by atoms with Gasteiger partial charge in [-0.2, -0.15) is 9.87 Å². The van der Waals surface area contributed by atoms with Gasteiger partial charge >= 0.3 is 6.80 Å². The fourth-order valence-corrected chi connectivity index (χ4v) is 6.56. The maximum atomic E-state index is 13.4. The molecule has 230 valence electrons. The summed E-state index contributed by atoms with van der Waals surface area (Å²) in [6.45, 7) is -5.22. The summed E-state index contributed by atoms with van der Waals surface area (Å²) in [5.74, 6) is -0.0763. The van der Waals surface area contributed by atoms with Crippen LogP contribution in [0.15, 0.2) is 23.8 Å². The number of thiol groups is 1. The molecule has 7 N–H and O–H groups in total. The standard InChI is InChI=1S/C20H23N10O11PS/c21-14-8-15(24-3-23-14)29(4-25-8)18-11(32)12-7(38-18)2-36-42(34,43)40-13-10(31)6(1-35-41-39-12)37-19(13)30-5-26-9-16(30)27-20(22)28-17(9)33/h3-7,10-13,18-19,31-32H,1-2H2,(H,34,43)(H2,21,23,24)(H3,22,27,28,33)/t6-,7-,10-,11-,12-,13-,18-,19-,42?/m1/s1. The normalized spacial score (nSPS) is 35.4. The van der Waals surface area contributed by atoms with E-state index >= 15 is 0 Å². The quantitative estimate of drug-likeness (QED) is 0.0810. The average molecular weight is 643 g/mol. The van der Waals surface area contributed by atoms with Crippen LogP contribution in [0.2, 0.25) is 0 Å². The first-order chi connectivity index (χ1) is 20.6. The van der Waals surface area contributed by atoms with Crippen molar-refractivity contribution in [2.45, 2.75) is 49.1 Å². The molecule has 0 spiro atoms. The molecule has 0 saturated carbocycles. The summed E-state index contributed by atoms with van der Waals surface area (Å²) in [5.41, 5.74) is 11.4. The topological polar surface area (TPSA) is 281 Å². The van der Waals surface area contributed by atoms with Crippen LogP contribution in [-0.4, -0.2) is 99.1 Å². The van der Waals surface area contributed by atoms with Gasteiger partial charge in [-0.15, -0.1) is 0 Å². The van der Waals surface area contributed by atoms with Crippen molar-refractivity contribution in [1.82, 2.24) is 39.0 Å². The molecular weight excluding hydrogens is 619 g/mol. The Morgan fingerprint density at radius 2 is 1.70 bits per heavy atom. The maximum absolute atomic E-state index is 13.4. The second kappa shape index (κ2) is 10.7. The second-order valence-electron chi connectivity index (χ2n) is 9.72. The van der Waals surface area contributed by atoms with E-state index in [0.29, 0.717) is 0 Å². The largest absolute Gasteiger partial charge is 0.387 e. The van der Waals surface area contributed by atoms with E-state index in [1.807, 2.05) is 0 Å². The number of hydrogen-bond acceptors (Lipinski definition) is 18. The molecule has 1 unspecified atom stereocenters. The molecular formula is C20H23N10O11PS. The third-order valence-electron chi connectivity index (χ3n) is 7.10. The summed E-state index contributed by atoms with van der Waals surface area (Å²) in [7, 11) is 0. The number of nitrogens with two attached hydrogens (primary N) is 2. The highest BCUT2D eigenvalue weighted by atomic mass is 32.7. The molecule has 7 rings (SSSR count). The van der Waals surface area contributed by atoms with Crippen molar-refractivity contribution >= 4 is 53.1 Å². The molecule has 0 radical (unpaired) electrons. The minimum Gasteiger partial charge on any atom is -0.387 e. The third kappa shape index (κ3) is 4.95. The lowest BCUT2D eigenvalue weighted by atomic mass is 10.1. The van der Waals surface area contributed by atoms with Crippen LogP contribution in [0.1, 0.15) is 12.5 Å². The molecule has 0 aromatic carbocycles. The van der Waals surface area contributed by atoms with Crippen molar-refractivity contribution in [3.63, 3.8) is 0 Å². The Morgan fingerprint density at radius 1 is 0.953 bits per heavy atom. The lowest BCUT2D eigenvalue weighted by Crippen LogP contribution is -2.37. The lowest BCUT2D eigenvalue weighted by molar-refractivity contribution is -0.534. The monoisotopic (exact) mass is 642 g/mol. The van der Waals surface area contributed by atoms with E-state index in [9.17, 15) is 19.6 Å². The molecule has 0 aliphatic carbocycles. The number of ether oxygens (including phenoxy) is 2. The molecule has 0 amide bonds. The van der Waals surface area contributed by atoms with Gasteiger partial charge < -0.3 is 31.2 Å². The minimum atomic E-state index is -4.30. The van der Waals surface area contributed by atoms with Crippen LogP contribution in [0.5, 0.6) is 0 Å². The van der Waals surface area contributed by atoms with Gasteiger partial charge in [0.05, 0.1) is 19.3 Å². The number of H-pyrrole nitrogens is 1. The first-order valence-electron chi connectivity index (χ1n) is 12.5. The van der Waals surface area contributed by atoms with Crippen LogP contribution >= 0.6 is 19.0 Å². The van der Waals surface area contributed by atoms with Crippen molar-refractivity contribution in [1.29, 1.82) is 0 Å². The van der Waals surface area contributed by atoms with Gasteiger partial charge in [0.25, 0.3) is 5.56 Å². The van der Waals surface area contributed by atoms with Crippen molar-refractivity contribution in [3.8, 4) is 0 Å². The summed E-state index contributed by atoms with van der Waals surface area (Å²) < 4.78 is 39.2. The van der Waals surface area contributed by atoms with Crippen LogP contribution in [0.4, 0.5) is 11.8 Å². The Hall–Kier alpha value is -3.28. The first kappa shape index (κ1) is 28.5. The number of aromatic amines is 1. The van der Waals surface area contributed by atoms with Crippen molar-refractivity contribution < 1.29 is 48.1 Å². The number of rotatable bonds is 2. The van der Waals surface area contributed by atoms with E-state index in [-0.39, 0.29) is 34.1 Å². The Bertz CT molecular complexity index is 1790. The van der Waals surface area contributed by atoms with Gasteiger partial charge in [-0.1, -0.05) is 17.3 Å². The highest BCUT2D eigenvalue weighted by molar-refractivity contribution is 8.44. The van der Waals surface area contributed by atoms with Gasteiger partial charge in [-0.3, -0.25) is 28.0 Å². The zero-order valence-electron chi connectivity index (χ0n) is 21.5. The molecule has 3 aliphatic heterocycles. The van der Waals surface area contributed by atoms with E-state index in [1.165, 1.54) is 28.1 Å². The van der Waals surface area contributed by atoms with Gasteiger partial charge in [0.1, 0.15) is 49.0 Å². The van der Waals surface area contributed by atoms with E-state index < -0.39 is 74.7 Å². The third-order valence-corrected chi connectivity index (χ3v) is 8.71. The number of nitrogens with one attached hydrogen (secondary N) is 1. The molecule has 3 aliphatic rings. The summed E-state index contributed by atoms with van der Waals surface area (Å²) in [4.78, 5) is 45.4. The van der Waals surface area contributed by atoms with Crippen LogP contribution in [0.25, 0.3) is 22.3 Å². The molecule has 3 saturated heterocycles. The lowest BCUT2D eigenvalue weighted by Gasteiger charge is -2.25. The highest BCUT2D eigenvalue weighted by Crippen LogP contribution is 2.57. The van der Waals surface area contributed by atoms with Crippen LogP contribution in [0, 0.1) is 0 Å². The van der Waals surface area contributed by atoms with E-state index in [2.05, 4.69) is 42.2 Å². The predicted molar refractivity (Wildman–Crippen MR) is 141 cm³/mol. The molecule has 4 aromatic heterocycles. The van der Waals surface area contributed by atoms with Gasteiger partial charge in [0, 0.05) is 0 Å². The van der Waals surface area contributed by atoms with Crippen LogP contribution in [0.3, 0.4) is 0 Å². The second-order valence-corrected chi connectivity index (χ2v) is 12.6. The summed E-state index contributed by atoms with van der Waals surface area (Å²) >= 11 is 4.08. The van der Waals surface area contributed by atoms with Gasteiger partial charge in [-0.25, -0.2) is 29.4 Å². The number of aliphatic hydroxyl groups is 2. The summed E-state index contributed by atoms with van der Waals surface area (Å²) in [6.07, 6.45) is -6.40. The number of imidazole rings is 2. The summed E-state index contributed by atoms with van der Waals surface area (Å²) in [5, 5.41) is 27.0. The number of hydrogen-bond donors (Lipinski definition) is 6. The van der Waals surface area contributed by atoms with Crippen molar-refractivity contribution in [2.75, 3.05) is 24.7 Å². The highest BCUT2D eigenvalue weighted by Gasteiger charge is 2.52. The van der Waals surface area contributed by atoms with E-state index in [0.717, 1.165) is 0 Å². The Morgan fingerprint density at radius 3 is 2.51 bits per heavy atom. The number of nitrogens with zero attached hydrogens (tertiary/aromatic N) is 7. The summed E-state index contributed by atoms with van der Waals surface area (Å²) in [6, 6.07) is 0. The van der Waals surface area contributed by atoms with Crippen molar-refractivity contribution in [3.05, 3.63) is 29.3 Å². The molecule has 7 heterocycles. The molecule has 23 heteroatoms. The fourth-order valence-electron chi connectivity index (χ4n) is 5.10. The maximum Gasteiger partial charge on any atom is 0.386 e. The average Bonchev–Trinajstić information content (AvgIpc) is 3.71. The van der Waals surface area contributed by atoms with Crippen LogP contribution in [-0.2, 0) is 37.9 Å². The van der Waals surface area contributed by atoms with E-state index in [1.54, 1.807) is 0 Å². The van der Waals surface area contributed by atoms with Gasteiger partial charge in [0.2, 0.25) is 5.95 Å². The predicted octanol–water partition coefficient (Wildman–Crippen LogP) is -1.66. The smallest absolute Gasteiger partial charge is 0.386 e. The first-order valence-corrected chi connectivity index (χ1v) is 15.2. The van der Waals surface area contributed by atoms with Gasteiger partial charge in [-0.05, 0) is 0 Å². The van der Waals surface area contributed by atoms with Crippen molar-refractivity contribution in [2.24, 2.45) is 0 Å². The molecule has 2 bridgehead atoms. The molecule has 21 nitrogen and oxygen atoms in total. The molecule has 3 fully saturated rings. The minimum absolute atomic E-state index is 0.00510. The Kier molecular flexibility index (Phi) is 7.10. The Balaban J connectivity index is 1.16. The van der Waals surface area contributed by atoms with Gasteiger partial charge in [0.15, 0.2) is 41.2 Å². The zero-order chi connectivity index (χ0) is 30.0. The SMILES string of the molecule is Nc1nc2c(ncn2[C@@H]2O[C@@H]3COOO[C@H]4[C@@H](O)[C@H](n5cnc6c(N)ncnc65)O[C@@H]4COP(=O)(S)O[C@@H]2[C@@H]3O)c(=O)[nH]1. The molecule has 9 atom stereocenters. The number of anilines is 2. The number of aliphatic hydroxyl groups excluding tert-OH is 2. The Labute approximate surface area is 243 Å². The van der Waals surface area contributed by atoms with Crippen LogP contribution < -0.4 is 17.0 Å². The number of nitrogen functional groups attached to an aromatic ring is 2. The fraction of sp³-hybridized carbons (Fsp3) is 0.500. The van der Waals surface area contributed by atoms with E-state index in [4.69, 9.17) is 44.8 Å². The molecule has 43 heavy (non-hydrogen) atoms. The zero-order valence-corrected chi connectivity index (χ0v) is 23.3. The molecule has 4 aromatic rings.